The Balaban J connectivity index is 1.33. The molecule has 0 radical (unpaired) electrons. The number of hydrogen-bond donors (Lipinski definition) is 2. The first kappa shape index (κ1) is 16.6. The molecule has 1 saturated heterocycles. The van der Waals surface area contributed by atoms with E-state index in [-0.39, 0.29) is 18.4 Å². The maximum atomic E-state index is 12.4. The fourth-order valence-corrected chi connectivity index (χ4v) is 4.14. The summed E-state index contributed by atoms with van der Waals surface area (Å²) in [4.78, 5) is 36.9. The smallest absolute Gasteiger partial charge is 0.429 e. The number of anilines is 1. The number of fused-ring (bicyclic) bond motifs is 2. The Bertz CT molecular complexity index is 977. The summed E-state index contributed by atoms with van der Waals surface area (Å²) in [6, 6.07) is 14.3. The van der Waals surface area contributed by atoms with Gasteiger partial charge in [0, 0.05) is 11.3 Å². The Labute approximate surface area is 160 Å². The molecule has 8 heteroatoms. The van der Waals surface area contributed by atoms with E-state index < -0.39 is 24.3 Å². The molecule has 3 atom stereocenters. The lowest BCUT2D eigenvalue weighted by Crippen LogP contribution is -2.49. The molecule has 0 saturated carbocycles. The number of carbonyl (C=O) groups is 3. The third-order valence-electron chi connectivity index (χ3n) is 5.38. The molecule has 1 aliphatic carbocycles. The van der Waals surface area contributed by atoms with Crippen LogP contribution in [0, 0.1) is 0 Å². The monoisotopic (exact) mass is 379 g/mol. The topological polar surface area (TPSA) is 97.0 Å². The number of benzene rings is 2. The van der Waals surface area contributed by atoms with E-state index in [1.807, 2.05) is 48.5 Å². The molecule has 3 aliphatic rings. The van der Waals surface area contributed by atoms with Crippen molar-refractivity contribution in [2.24, 2.45) is 0 Å². The van der Waals surface area contributed by atoms with Crippen molar-refractivity contribution in [1.29, 1.82) is 0 Å². The van der Waals surface area contributed by atoms with E-state index in [2.05, 4.69) is 10.7 Å². The predicted molar refractivity (Wildman–Crippen MR) is 97.0 cm³/mol. The van der Waals surface area contributed by atoms with Crippen LogP contribution in [0.4, 0.5) is 15.3 Å². The van der Waals surface area contributed by atoms with Crippen LogP contribution in [0.1, 0.15) is 35.1 Å². The van der Waals surface area contributed by atoms with Crippen LogP contribution in [0.2, 0.25) is 0 Å². The Morgan fingerprint density at radius 3 is 2.82 bits per heavy atom. The number of rotatable bonds is 3. The van der Waals surface area contributed by atoms with E-state index in [0.29, 0.717) is 6.42 Å². The Morgan fingerprint density at radius 1 is 1.18 bits per heavy atom. The zero-order valence-electron chi connectivity index (χ0n) is 14.8. The van der Waals surface area contributed by atoms with Gasteiger partial charge in [-0.3, -0.25) is 4.79 Å². The van der Waals surface area contributed by atoms with Gasteiger partial charge in [-0.1, -0.05) is 42.5 Å². The summed E-state index contributed by atoms with van der Waals surface area (Å²) in [6.45, 7) is 0.0842. The van der Waals surface area contributed by atoms with E-state index in [9.17, 15) is 14.4 Å². The van der Waals surface area contributed by atoms with Crippen molar-refractivity contribution in [2.45, 2.75) is 31.1 Å². The second-order valence-electron chi connectivity index (χ2n) is 7.00. The maximum Gasteiger partial charge on any atom is 0.429 e. The van der Waals surface area contributed by atoms with E-state index in [1.54, 1.807) is 0 Å². The minimum atomic E-state index is -0.753. The molecule has 142 valence electrons. The first-order valence-electron chi connectivity index (χ1n) is 9.02. The van der Waals surface area contributed by atoms with Crippen molar-refractivity contribution in [3.8, 4) is 0 Å². The lowest BCUT2D eigenvalue weighted by molar-refractivity contribution is -0.117. The molecule has 2 aliphatic heterocycles. The molecule has 3 amide bonds. The summed E-state index contributed by atoms with van der Waals surface area (Å²) in [7, 11) is 0. The fourth-order valence-electron chi connectivity index (χ4n) is 4.14. The fraction of sp³-hybridized carbons (Fsp3) is 0.250. The van der Waals surface area contributed by atoms with Gasteiger partial charge in [-0.15, -0.1) is 0 Å². The van der Waals surface area contributed by atoms with Crippen molar-refractivity contribution in [3.63, 3.8) is 0 Å². The molecule has 8 nitrogen and oxygen atoms in total. The Hall–Kier alpha value is -3.55. The highest BCUT2D eigenvalue weighted by molar-refractivity contribution is 6.04. The van der Waals surface area contributed by atoms with Gasteiger partial charge in [0.15, 0.2) is 6.10 Å². The SMILES string of the molecule is O=C(NN1C(=O)O[C@@H]2c3cccc4c3[C@@H](C[C@@H]21)C(=O)N4)OCc1ccccc1. The van der Waals surface area contributed by atoms with Gasteiger partial charge >= 0.3 is 12.2 Å². The Kier molecular flexibility index (Phi) is 3.71. The highest BCUT2D eigenvalue weighted by atomic mass is 16.6. The summed E-state index contributed by atoms with van der Waals surface area (Å²) in [5.41, 5.74) is 5.75. The van der Waals surface area contributed by atoms with Crippen LogP contribution in [0.25, 0.3) is 0 Å². The molecule has 0 aromatic heterocycles. The van der Waals surface area contributed by atoms with Gasteiger partial charge in [0.1, 0.15) is 6.61 Å². The zero-order valence-corrected chi connectivity index (χ0v) is 14.8. The van der Waals surface area contributed by atoms with Crippen molar-refractivity contribution < 1.29 is 23.9 Å². The van der Waals surface area contributed by atoms with Gasteiger partial charge in [-0.2, -0.15) is 0 Å². The van der Waals surface area contributed by atoms with Crippen LogP contribution in [0.15, 0.2) is 48.5 Å². The van der Waals surface area contributed by atoms with Gasteiger partial charge in [0.2, 0.25) is 5.91 Å². The normalized spacial score (nSPS) is 24.1. The van der Waals surface area contributed by atoms with Crippen molar-refractivity contribution >= 4 is 23.8 Å². The molecule has 2 heterocycles. The number of ether oxygens (including phenoxy) is 2. The molecule has 2 N–H and O–H groups in total. The number of amides is 3. The van der Waals surface area contributed by atoms with Crippen LogP contribution in [-0.4, -0.2) is 29.1 Å². The maximum absolute atomic E-state index is 12.4. The second kappa shape index (κ2) is 6.26. The van der Waals surface area contributed by atoms with Gasteiger partial charge in [0.25, 0.3) is 0 Å². The average Bonchev–Trinajstić information content (AvgIpc) is 3.20. The molecule has 0 bridgehead atoms. The summed E-state index contributed by atoms with van der Waals surface area (Å²) in [6.07, 6.45) is -1.59. The largest absolute Gasteiger partial charge is 0.443 e. The van der Waals surface area contributed by atoms with Gasteiger partial charge < -0.3 is 14.8 Å². The van der Waals surface area contributed by atoms with Crippen LogP contribution in [-0.2, 0) is 20.9 Å². The summed E-state index contributed by atoms with van der Waals surface area (Å²) in [5, 5.41) is 4.00. The van der Waals surface area contributed by atoms with Crippen LogP contribution in [0.5, 0.6) is 0 Å². The number of hydrogen-bond acceptors (Lipinski definition) is 5. The van der Waals surface area contributed by atoms with Gasteiger partial charge in [-0.25, -0.2) is 20.0 Å². The lowest BCUT2D eigenvalue weighted by atomic mass is 9.79. The molecule has 2 aromatic carbocycles. The van der Waals surface area contributed by atoms with Crippen LogP contribution >= 0.6 is 0 Å². The van der Waals surface area contributed by atoms with E-state index in [1.165, 1.54) is 0 Å². The van der Waals surface area contributed by atoms with E-state index >= 15 is 0 Å². The number of carbonyl (C=O) groups excluding carboxylic acids is 3. The minimum absolute atomic E-state index is 0.0842. The molecule has 2 aromatic rings. The third-order valence-corrected chi connectivity index (χ3v) is 5.38. The van der Waals surface area contributed by atoms with E-state index in [4.69, 9.17) is 9.47 Å². The average molecular weight is 379 g/mol. The van der Waals surface area contributed by atoms with Crippen molar-refractivity contribution in [2.75, 3.05) is 5.32 Å². The molecular weight excluding hydrogens is 362 g/mol. The molecular formula is C20H17N3O5. The number of hydrazine groups is 1. The molecule has 0 unspecified atom stereocenters. The minimum Gasteiger partial charge on any atom is -0.443 e. The summed E-state index contributed by atoms with van der Waals surface area (Å²) in [5.74, 6) is -0.474. The van der Waals surface area contributed by atoms with Crippen molar-refractivity contribution in [3.05, 3.63) is 65.2 Å². The molecule has 0 spiro atoms. The zero-order chi connectivity index (χ0) is 19.3. The first-order valence-corrected chi connectivity index (χ1v) is 9.02. The molecule has 28 heavy (non-hydrogen) atoms. The van der Waals surface area contributed by atoms with Gasteiger partial charge in [0.05, 0.1) is 12.0 Å². The van der Waals surface area contributed by atoms with E-state index in [0.717, 1.165) is 27.4 Å². The molecule has 1 fully saturated rings. The lowest BCUT2D eigenvalue weighted by Gasteiger charge is -2.31. The highest BCUT2D eigenvalue weighted by Gasteiger charge is 2.52. The highest BCUT2D eigenvalue weighted by Crippen LogP contribution is 2.50. The van der Waals surface area contributed by atoms with Crippen LogP contribution < -0.4 is 10.7 Å². The quantitative estimate of drug-likeness (QED) is 0.855. The molecule has 5 rings (SSSR count). The number of nitrogens with one attached hydrogen (secondary N) is 2. The standard InChI is InChI=1S/C20H17N3O5/c24-18-13-9-15-17(12-7-4-8-14(21-18)16(12)13)28-20(26)23(15)22-19(25)27-10-11-5-2-1-3-6-11/h1-8,13,15,17H,9-10H2,(H,21,24)(H,22,25)/t13-,15+,17-/m1/s1. The summed E-state index contributed by atoms with van der Waals surface area (Å²) >= 11 is 0. The first-order chi connectivity index (χ1) is 13.6. The van der Waals surface area contributed by atoms with Gasteiger partial charge in [-0.05, 0) is 23.6 Å². The second-order valence-corrected chi connectivity index (χ2v) is 7.00. The van der Waals surface area contributed by atoms with Crippen LogP contribution in [0.3, 0.4) is 0 Å². The predicted octanol–water partition coefficient (Wildman–Crippen LogP) is 2.83. The Morgan fingerprint density at radius 2 is 2.00 bits per heavy atom. The van der Waals surface area contributed by atoms with Crippen molar-refractivity contribution in [1.82, 2.24) is 10.4 Å². The summed E-state index contributed by atoms with van der Waals surface area (Å²) < 4.78 is 10.7. The number of nitrogens with zero attached hydrogens (tertiary/aromatic N) is 1. The third kappa shape index (κ3) is 2.57.